The quantitative estimate of drug-likeness (QED) is 0.566. The zero-order chi connectivity index (χ0) is 9.53. The van der Waals surface area contributed by atoms with E-state index in [1.165, 1.54) is 0 Å². The van der Waals surface area contributed by atoms with Crippen LogP contribution in [0.15, 0.2) is 11.4 Å². The maximum absolute atomic E-state index is 11.5. The van der Waals surface area contributed by atoms with Crippen molar-refractivity contribution >= 4 is 9.84 Å². The van der Waals surface area contributed by atoms with Gasteiger partial charge in [0.05, 0.1) is 11.4 Å². The number of hydrogen-bond acceptors (Lipinski definition) is 4. The van der Waals surface area contributed by atoms with Crippen molar-refractivity contribution in [3.8, 4) is 0 Å². The van der Waals surface area contributed by atoms with Crippen LogP contribution in [-0.2, 0) is 14.6 Å². The molecule has 5 heteroatoms. The first-order valence-electron chi connectivity index (χ1n) is 4.38. The fraction of sp³-hybridized carbons (Fsp3) is 0.750. The molecule has 0 unspecified atom stereocenters. The summed E-state index contributed by atoms with van der Waals surface area (Å²) >= 11 is 0. The van der Waals surface area contributed by atoms with Crippen molar-refractivity contribution in [1.82, 2.24) is 0 Å². The Morgan fingerprint density at radius 2 is 1.92 bits per heavy atom. The summed E-state index contributed by atoms with van der Waals surface area (Å²) in [5, 5.41) is 11.6. The summed E-state index contributed by atoms with van der Waals surface area (Å²) in [6.07, 6.45) is 3.57. The van der Waals surface area contributed by atoms with Crippen LogP contribution >= 0.6 is 0 Å². The van der Waals surface area contributed by atoms with Crippen molar-refractivity contribution in [3.05, 3.63) is 11.4 Å². The molecule has 1 fully saturated rings. The van der Waals surface area contributed by atoms with Crippen LogP contribution in [0.25, 0.3) is 0 Å². The molecule has 4 nitrogen and oxygen atoms in total. The molecule has 0 aromatic carbocycles. The van der Waals surface area contributed by atoms with Crippen LogP contribution in [0.5, 0.6) is 0 Å². The van der Waals surface area contributed by atoms with Gasteiger partial charge in [-0.25, -0.2) is 8.42 Å². The number of hydrogen-bond donors (Lipinski definition) is 0. The average molecular weight is 203 g/mol. The van der Waals surface area contributed by atoms with Gasteiger partial charge in [-0.05, 0) is 12.8 Å². The maximum atomic E-state index is 11.5. The van der Waals surface area contributed by atoms with Crippen LogP contribution in [0.2, 0.25) is 0 Å². The summed E-state index contributed by atoms with van der Waals surface area (Å²) in [6.45, 7) is 0. The fourth-order valence-corrected chi connectivity index (χ4v) is 3.55. The largest absolute Gasteiger partial charge is 0.591 e. The molecule has 0 radical (unpaired) electrons. The molecule has 0 bridgehead atoms. The second kappa shape index (κ2) is 2.64. The zero-order valence-corrected chi connectivity index (χ0v) is 7.97. The first-order valence-corrected chi connectivity index (χ1v) is 5.93. The van der Waals surface area contributed by atoms with Gasteiger partial charge in [0.25, 0.3) is 0 Å². The van der Waals surface area contributed by atoms with Crippen LogP contribution < -0.4 is 5.11 Å². The van der Waals surface area contributed by atoms with Gasteiger partial charge in [0, 0.05) is 0 Å². The molecule has 1 saturated carbocycles. The summed E-state index contributed by atoms with van der Waals surface area (Å²) in [6, 6.07) is 0. The predicted molar refractivity (Wildman–Crippen MR) is 43.9 cm³/mol. The summed E-state index contributed by atoms with van der Waals surface area (Å²) in [5.41, 5.74) is 0. The van der Waals surface area contributed by atoms with E-state index >= 15 is 0 Å². The number of ether oxygens (including phenoxy) is 1. The highest BCUT2D eigenvalue weighted by molar-refractivity contribution is 7.95. The van der Waals surface area contributed by atoms with E-state index in [1.807, 2.05) is 0 Å². The number of rotatable bonds is 0. The molecule has 13 heavy (non-hydrogen) atoms. The minimum absolute atomic E-state index is 0.456. The summed E-state index contributed by atoms with van der Waals surface area (Å²) < 4.78 is 28.0. The Balaban J connectivity index is 2.35. The number of sulfone groups is 1. The van der Waals surface area contributed by atoms with Gasteiger partial charge in [0.1, 0.15) is 4.93 Å². The van der Waals surface area contributed by atoms with E-state index in [0.717, 1.165) is 24.7 Å². The van der Waals surface area contributed by atoms with E-state index in [0.29, 0.717) is 12.8 Å². The van der Waals surface area contributed by atoms with Crippen molar-refractivity contribution in [3.63, 3.8) is 0 Å². The van der Waals surface area contributed by atoms with Crippen molar-refractivity contribution in [2.45, 2.75) is 37.0 Å². The van der Waals surface area contributed by atoms with Gasteiger partial charge in [-0.2, -0.15) is 0 Å². The molecule has 0 aromatic heterocycles. The lowest BCUT2D eigenvalue weighted by Crippen LogP contribution is -2.38. The van der Waals surface area contributed by atoms with Gasteiger partial charge in [0.15, 0.2) is 9.84 Å². The van der Waals surface area contributed by atoms with E-state index in [4.69, 9.17) is 4.74 Å². The van der Waals surface area contributed by atoms with Gasteiger partial charge < -0.3 is 9.84 Å². The summed E-state index contributed by atoms with van der Waals surface area (Å²) in [5.74, 6) is -0.707. The SMILES string of the molecule is O=S1(=O)C=C([O-])OC12CCCCC2. The summed E-state index contributed by atoms with van der Waals surface area (Å²) in [4.78, 5) is -1.19. The Bertz CT molecular complexity index is 335. The van der Waals surface area contributed by atoms with E-state index in [-0.39, 0.29) is 0 Å². The normalized spacial score (nSPS) is 29.7. The van der Waals surface area contributed by atoms with Crippen molar-refractivity contribution in [2.75, 3.05) is 0 Å². The fourth-order valence-electron chi connectivity index (χ4n) is 1.98. The van der Waals surface area contributed by atoms with Crippen molar-refractivity contribution in [2.24, 2.45) is 0 Å². The molecule has 1 heterocycles. The van der Waals surface area contributed by atoms with Crippen molar-refractivity contribution in [1.29, 1.82) is 0 Å². The van der Waals surface area contributed by atoms with Gasteiger partial charge in [-0.1, -0.05) is 19.3 Å². The first-order chi connectivity index (χ1) is 6.06. The Hall–Kier alpha value is -0.710. The molecule has 2 rings (SSSR count). The van der Waals surface area contributed by atoms with Crippen LogP contribution in [0.4, 0.5) is 0 Å². The zero-order valence-electron chi connectivity index (χ0n) is 7.15. The predicted octanol–water partition coefficient (Wildman–Crippen LogP) is 0.251. The lowest BCUT2D eigenvalue weighted by atomic mass is 9.97. The molecule has 1 aliphatic carbocycles. The molecule has 1 spiro atoms. The third kappa shape index (κ3) is 1.22. The Morgan fingerprint density at radius 1 is 1.31 bits per heavy atom. The molecular weight excluding hydrogens is 192 g/mol. The van der Waals surface area contributed by atoms with Crippen LogP contribution in [0.3, 0.4) is 0 Å². The summed E-state index contributed by atoms with van der Waals surface area (Å²) in [7, 11) is -3.46. The Labute approximate surface area is 77.1 Å². The lowest BCUT2D eigenvalue weighted by Gasteiger charge is -2.37. The van der Waals surface area contributed by atoms with E-state index in [1.54, 1.807) is 0 Å². The minimum Gasteiger partial charge on any atom is -0.591 e. The van der Waals surface area contributed by atoms with Gasteiger partial charge in [0.2, 0.25) is 0 Å². The van der Waals surface area contributed by atoms with Gasteiger partial charge in [-0.3, -0.25) is 0 Å². The minimum atomic E-state index is -3.46. The first kappa shape index (κ1) is 8.87. The molecule has 2 aliphatic rings. The van der Waals surface area contributed by atoms with E-state index in [9.17, 15) is 13.5 Å². The monoisotopic (exact) mass is 203 g/mol. The third-order valence-corrected chi connectivity index (χ3v) is 4.70. The molecule has 0 saturated heterocycles. The van der Waals surface area contributed by atoms with Crippen molar-refractivity contribution < 1.29 is 18.3 Å². The third-order valence-electron chi connectivity index (χ3n) is 2.67. The van der Waals surface area contributed by atoms with Gasteiger partial charge >= 0.3 is 0 Å². The molecule has 0 N–H and O–H groups in total. The second-order valence-electron chi connectivity index (χ2n) is 3.56. The average Bonchev–Trinajstić information content (AvgIpc) is 2.23. The van der Waals surface area contributed by atoms with E-state index in [2.05, 4.69) is 0 Å². The molecule has 1 aliphatic heterocycles. The maximum Gasteiger partial charge on any atom is 0.188 e. The van der Waals surface area contributed by atoms with E-state index < -0.39 is 20.7 Å². The van der Waals surface area contributed by atoms with Gasteiger partial charge in [-0.15, -0.1) is 0 Å². The molecule has 0 amide bonds. The Morgan fingerprint density at radius 3 is 2.38 bits per heavy atom. The van der Waals surface area contributed by atoms with Crippen LogP contribution in [0, 0.1) is 0 Å². The van der Waals surface area contributed by atoms with Crippen LogP contribution in [0.1, 0.15) is 32.1 Å². The molecule has 74 valence electrons. The smallest absolute Gasteiger partial charge is 0.188 e. The molecule has 0 atom stereocenters. The highest BCUT2D eigenvalue weighted by atomic mass is 32.2. The lowest BCUT2D eigenvalue weighted by molar-refractivity contribution is -0.364. The molecule has 0 aromatic rings. The Kier molecular flexibility index (Phi) is 1.80. The second-order valence-corrected chi connectivity index (χ2v) is 5.63. The topological polar surface area (TPSA) is 66.4 Å². The highest BCUT2D eigenvalue weighted by Crippen LogP contribution is 2.41. The highest BCUT2D eigenvalue weighted by Gasteiger charge is 2.44. The van der Waals surface area contributed by atoms with Crippen LogP contribution in [-0.4, -0.2) is 13.4 Å². The molecular formula is C8H11O4S-. The standard InChI is InChI=1S/C8H12O4S/c9-7-6-13(10,11)8(12-7)4-2-1-3-5-8/h6,9H,1-5H2/p-1.